The number of aryl methyl sites for hydroxylation is 1. The van der Waals surface area contributed by atoms with Crippen molar-refractivity contribution in [2.45, 2.75) is 71.0 Å². The lowest BCUT2D eigenvalue weighted by atomic mass is 9.71. The molecule has 5 rings (SSSR count). The Bertz CT molecular complexity index is 1530. The summed E-state index contributed by atoms with van der Waals surface area (Å²) in [5.74, 6) is 0.962. The SMILES string of the molecule is COCCN1C(C)(C)CC(c2cc(C)c3nc(-c4c(NCCn5cc(Cl)cn5)cc[nH]c4=O)[nH]c3c2)CC1(C)C. The van der Waals surface area contributed by atoms with E-state index in [0.29, 0.717) is 41.1 Å². The Labute approximate surface area is 240 Å². The minimum absolute atomic E-state index is 0.0341. The number of anilines is 1. The molecule has 1 aromatic carbocycles. The van der Waals surface area contributed by atoms with Crippen molar-refractivity contribution in [3.05, 3.63) is 63.3 Å². The Hall–Kier alpha value is -3.14. The zero-order valence-electron chi connectivity index (χ0n) is 24.3. The number of likely N-dealkylation sites (tertiary alicyclic amines) is 1. The predicted octanol–water partition coefficient (Wildman–Crippen LogP) is 5.57. The normalized spacial score (nSPS) is 17.5. The zero-order chi connectivity index (χ0) is 28.7. The molecule has 3 N–H and O–H groups in total. The van der Waals surface area contributed by atoms with E-state index in [2.05, 4.69) is 72.0 Å². The number of nitrogens with zero attached hydrogens (tertiary/aromatic N) is 4. The van der Waals surface area contributed by atoms with Crippen LogP contribution in [0.25, 0.3) is 22.4 Å². The molecule has 0 amide bonds. The van der Waals surface area contributed by atoms with E-state index in [-0.39, 0.29) is 16.6 Å². The van der Waals surface area contributed by atoms with Gasteiger partial charge in [0.25, 0.3) is 5.56 Å². The molecule has 40 heavy (non-hydrogen) atoms. The predicted molar refractivity (Wildman–Crippen MR) is 161 cm³/mol. The van der Waals surface area contributed by atoms with Crippen LogP contribution in [0.4, 0.5) is 5.69 Å². The smallest absolute Gasteiger partial charge is 0.261 e. The number of fused-ring (bicyclic) bond motifs is 1. The third-order valence-electron chi connectivity index (χ3n) is 8.20. The molecule has 4 heterocycles. The number of hydrogen-bond acceptors (Lipinski definition) is 6. The number of ether oxygens (including phenoxy) is 1. The quantitative estimate of drug-likeness (QED) is 0.245. The fraction of sp³-hybridized carbons (Fsp3) is 0.500. The number of nitrogens with one attached hydrogen (secondary N) is 3. The number of hydrogen-bond donors (Lipinski definition) is 3. The third kappa shape index (κ3) is 5.68. The van der Waals surface area contributed by atoms with Gasteiger partial charge in [-0.25, -0.2) is 4.98 Å². The fourth-order valence-electron chi connectivity index (χ4n) is 6.64. The van der Waals surface area contributed by atoms with Crippen molar-refractivity contribution >= 4 is 28.3 Å². The van der Waals surface area contributed by atoms with E-state index in [1.165, 1.54) is 5.56 Å². The highest BCUT2D eigenvalue weighted by Crippen LogP contribution is 2.46. The van der Waals surface area contributed by atoms with E-state index >= 15 is 0 Å². The first-order valence-electron chi connectivity index (χ1n) is 13.9. The van der Waals surface area contributed by atoms with E-state index in [9.17, 15) is 4.79 Å². The van der Waals surface area contributed by atoms with Crippen LogP contribution in [0.15, 0.2) is 41.6 Å². The van der Waals surface area contributed by atoms with Crippen LogP contribution in [-0.2, 0) is 11.3 Å². The average Bonchev–Trinajstić information content (AvgIpc) is 3.49. The lowest BCUT2D eigenvalue weighted by Gasteiger charge is -2.55. The number of methoxy groups -OCH3 is 1. The summed E-state index contributed by atoms with van der Waals surface area (Å²) in [5, 5.41) is 8.18. The Morgan fingerprint density at radius 2 is 1.93 bits per heavy atom. The molecular formula is C30H40ClN7O2. The molecular weight excluding hydrogens is 526 g/mol. The first-order valence-corrected chi connectivity index (χ1v) is 14.3. The molecule has 1 aliphatic rings. The van der Waals surface area contributed by atoms with Gasteiger partial charge in [0.05, 0.1) is 41.1 Å². The van der Waals surface area contributed by atoms with Crippen LogP contribution in [0.2, 0.25) is 5.02 Å². The van der Waals surface area contributed by atoms with Crippen LogP contribution in [0.5, 0.6) is 0 Å². The van der Waals surface area contributed by atoms with Crippen molar-refractivity contribution in [3.63, 3.8) is 0 Å². The Balaban J connectivity index is 1.43. The van der Waals surface area contributed by atoms with E-state index in [1.807, 2.05) is 6.07 Å². The molecule has 0 spiro atoms. The summed E-state index contributed by atoms with van der Waals surface area (Å²) in [7, 11) is 1.77. The first-order chi connectivity index (χ1) is 19.0. The van der Waals surface area contributed by atoms with Crippen molar-refractivity contribution < 1.29 is 4.74 Å². The summed E-state index contributed by atoms with van der Waals surface area (Å²) < 4.78 is 7.18. The number of aromatic nitrogens is 5. The first kappa shape index (κ1) is 28.4. The topological polar surface area (TPSA) is 104 Å². The number of imidazole rings is 1. The van der Waals surface area contributed by atoms with Crippen molar-refractivity contribution in [3.8, 4) is 11.4 Å². The van der Waals surface area contributed by atoms with Crippen LogP contribution in [0, 0.1) is 6.92 Å². The maximum absolute atomic E-state index is 13.0. The lowest BCUT2D eigenvalue weighted by molar-refractivity contribution is -0.0485. The summed E-state index contributed by atoms with van der Waals surface area (Å²) in [5.41, 5.74) is 5.32. The Kier molecular flexibility index (Phi) is 7.83. The van der Waals surface area contributed by atoms with Gasteiger partial charge in [-0.15, -0.1) is 0 Å². The number of pyridine rings is 1. The molecule has 0 atom stereocenters. The zero-order valence-corrected chi connectivity index (χ0v) is 25.0. The molecule has 3 aromatic heterocycles. The molecule has 0 aliphatic carbocycles. The van der Waals surface area contributed by atoms with Gasteiger partial charge in [-0.1, -0.05) is 17.7 Å². The number of H-pyrrole nitrogens is 2. The van der Waals surface area contributed by atoms with Crippen LogP contribution < -0.4 is 10.9 Å². The molecule has 0 bridgehead atoms. The maximum atomic E-state index is 13.0. The monoisotopic (exact) mass is 565 g/mol. The van der Waals surface area contributed by atoms with Crippen LogP contribution in [0.3, 0.4) is 0 Å². The summed E-state index contributed by atoms with van der Waals surface area (Å²) in [6.45, 7) is 14.3. The molecule has 4 aromatic rings. The Morgan fingerprint density at radius 3 is 2.60 bits per heavy atom. The summed E-state index contributed by atoms with van der Waals surface area (Å²) in [4.78, 5) is 26.8. The molecule has 1 aliphatic heterocycles. The van der Waals surface area contributed by atoms with Gasteiger partial charge in [0.15, 0.2) is 0 Å². The second-order valence-corrected chi connectivity index (χ2v) is 12.6. The summed E-state index contributed by atoms with van der Waals surface area (Å²) in [6.07, 6.45) is 7.14. The summed E-state index contributed by atoms with van der Waals surface area (Å²) >= 11 is 5.98. The van der Waals surface area contributed by atoms with Crippen molar-refractivity contribution in [1.29, 1.82) is 0 Å². The summed E-state index contributed by atoms with van der Waals surface area (Å²) in [6, 6.07) is 6.37. The minimum atomic E-state index is -0.198. The highest BCUT2D eigenvalue weighted by molar-refractivity contribution is 6.30. The number of aromatic amines is 2. The van der Waals surface area contributed by atoms with Gasteiger partial charge >= 0.3 is 0 Å². The molecule has 0 radical (unpaired) electrons. The van der Waals surface area contributed by atoms with Gasteiger partial charge in [0.2, 0.25) is 0 Å². The Morgan fingerprint density at radius 1 is 1.18 bits per heavy atom. The van der Waals surface area contributed by atoms with Gasteiger partial charge in [-0.3, -0.25) is 14.4 Å². The molecule has 1 fully saturated rings. The largest absolute Gasteiger partial charge is 0.383 e. The van der Waals surface area contributed by atoms with Crippen molar-refractivity contribution in [1.82, 2.24) is 29.6 Å². The van der Waals surface area contributed by atoms with Gasteiger partial charge < -0.3 is 20.0 Å². The molecule has 0 unspecified atom stereocenters. The van der Waals surface area contributed by atoms with Crippen LogP contribution in [-0.4, -0.2) is 67.5 Å². The second-order valence-electron chi connectivity index (χ2n) is 12.1. The second kappa shape index (κ2) is 11.0. The molecule has 9 nitrogen and oxygen atoms in total. The maximum Gasteiger partial charge on any atom is 0.261 e. The highest BCUT2D eigenvalue weighted by atomic mass is 35.5. The van der Waals surface area contributed by atoms with E-state index in [1.54, 1.807) is 30.4 Å². The number of benzene rings is 1. The van der Waals surface area contributed by atoms with E-state index in [0.717, 1.165) is 42.6 Å². The fourth-order valence-corrected chi connectivity index (χ4v) is 6.80. The average molecular weight is 566 g/mol. The van der Waals surface area contributed by atoms with E-state index in [4.69, 9.17) is 21.3 Å². The molecule has 10 heteroatoms. The molecule has 1 saturated heterocycles. The minimum Gasteiger partial charge on any atom is -0.383 e. The van der Waals surface area contributed by atoms with Crippen molar-refractivity contribution in [2.24, 2.45) is 0 Å². The number of halogens is 1. The van der Waals surface area contributed by atoms with Gasteiger partial charge in [-0.05, 0) is 76.6 Å². The highest BCUT2D eigenvalue weighted by Gasteiger charge is 2.45. The molecule has 214 valence electrons. The molecule has 0 saturated carbocycles. The lowest BCUT2D eigenvalue weighted by Crippen LogP contribution is -2.60. The van der Waals surface area contributed by atoms with Gasteiger partial charge in [0, 0.05) is 43.7 Å². The van der Waals surface area contributed by atoms with Crippen LogP contribution >= 0.6 is 11.6 Å². The number of rotatable bonds is 9. The standard InChI is InChI=1S/C30H40ClN7O2/c1-19-13-20(21-15-29(2,3)38(11-12-40-6)30(4,5)16-21)14-24-26(19)36-27(35-24)25-23(7-8-33-28(25)39)32-9-10-37-18-22(31)17-34-37/h7-8,13-14,17-18,21H,9-12,15-16H2,1-6H3,(H,35,36)(H2,32,33,39). The van der Waals surface area contributed by atoms with Crippen molar-refractivity contribution in [2.75, 3.05) is 32.1 Å². The van der Waals surface area contributed by atoms with E-state index < -0.39 is 0 Å². The third-order valence-corrected chi connectivity index (χ3v) is 8.39. The van der Waals surface area contributed by atoms with Gasteiger partial charge in [0.1, 0.15) is 11.4 Å². The van der Waals surface area contributed by atoms with Crippen LogP contribution in [0.1, 0.15) is 57.6 Å². The number of piperidine rings is 1. The van der Waals surface area contributed by atoms with Gasteiger partial charge in [-0.2, -0.15) is 5.10 Å².